The van der Waals surface area contributed by atoms with Gasteiger partial charge in [0.25, 0.3) is 5.82 Å². The number of nitrogens with zero attached hydrogens (tertiary/aromatic N) is 4. The highest BCUT2D eigenvalue weighted by Gasteiger charge is 2.15. The Morgan fingerprint density at radius 2 is 2.28 bits per heavy atom. The molecule has 0 spiro atoms. The van der Waals surface area contributed by atoms with Gasteiger partial charge in [-0.2, -0.15) is 5.26 Å². The van der Waals surface area contributed by atoms with E-state index in [2.05, 4.69) is 10.1 Å². The molecule has 1 heterocycles. The van der Waals surface area contributed by atoms with E-state index < -0.39 is 17.3 Å². The number of aromatic carboxylic acids is 1. The van der Waals surface area contributed by atoms with Crippen LogP contribution >= 0.6 is 0 Å². The largest absolute Gasteiger partial charge is 0.478 e. The first-order chi connectivity index (χ1) is 8.52. The van der Waals surface area contributed by atoms with Crippen molar-refractivity contribution < 1.29 is 14.3 Å². The van der Waals surface area contributed by atoms with Crippen molar-refractivity contribution in [3.8, 4) is 11.8 Å². The van der Waals surface area contributed by atoms with Gasteiger partial charge in [-0.1, -0.05) is 0 Å². The lowest BCUT2D eigenvalue weighted by Gasteiger charge is -2.06. The fourth-order valence-corrected chi connectivity index (χ4v) is 1.37. The van der Waals surface area contributed by atoms with E-state index in [9.17, 15) is 9.18 Å². The molecule has 0 amide bonds. The Labute approximate surface area is 99.9 Å². The molecule has 18 heavy (non-hydrogen) atoms. The van der Waals surface area contributed by atoms with Crippen LogP contribution in [0.4, 0.5) is 10.1 Å². The van der Waals surface area contributed by atoms with Crippen LogP contribution in [0.25, 0.3) is 5.69 Å². The van der Waals surface area contributed by atoms with Crippen molar-refractivity contribution in [2.75, 3.05) is 5.73 Å². The molecule has 0 unspecified atom stereocenters. The van der Waals surface area contributed by atoms with Gasteiger partial charge in [-0.15, -0.1) is 5.10 Å². The second-order valence-corrected chi connectivity index (χ2v) is 3.32. The maximum absolute atomic E-state index is 13.5. The van der Waals surface area contributed by atoms with Crippen LogP contribution in [0.3, 0.4) is 0 Å². The second kappa shape index (κ2) is 4.14. The molecule has 2 rings (SSSR count). The molecule has 8 heteroatoms. The Kier molecular flexibility index (Phi) is 2.65. The zero-order valence-corrected chi connectivity index (χ0v) is 8.83. The van der Waals surface area contributed by atoms with E-state index in [4.69, 9.17) is 16.1 Å². The van der Waals surface area contributed by atoms with Gasteiger partial charge in [0.05, 0.1) is 16.9 Å². The van der Waals surface area contributed by atoms with Gasteiger partial charge in [0.2, 0.25) is 0 Å². The maximum atomic E-state index is 13.5. The van der Waals surface area contributed by atoms with E-state index in [0.717, 1.165) is 16.8 Å². The van der Waals surface area contributed by atoms with E-state index in [-0.39, 0.29) is 17.2 Å². The van der Waals surface area contributed by atoms with Crippen molar-refractivity contribution in [2.45, 2.75) is 0 Å². The lowest BCUT2D eigenvalue weighted by atomic mass is 10.1. The van der Waals surface area contributed by atoms with Gasteiger partial charge in [0.1, 0.15) is 18.2 Å². The smallest absolute Gasteiger partial charge is 0.338 e. The number of halogens is 1. The van der Waals surface area contributed by atoms with Crippen LogP contribution in [0.2, 0.25) is 0 Å². The average Bonchev–Trinajstić information content (AvgIpc) is 2.79. The quantitative estimate of drug-likeness (QED) is 0.748. The fraction of sp³-hybridized carbons (Fsp3) is 0. The molecular weight excluding hydrogens is 241 g/mol. The van der Waals surface area contributed by atoms with Crippen molar-refractivity contribution in [3.63, 3.8) is 0 Å². The summed E-state index contributed by atoms with van der Waals surface area (Å²) < 4.78 is 14.6. The Balaban J connectivity index is 2.56. The summed E-state index contributed by atoms with van der Waals surface area (Å²) in [5, 5.41) is 21.0. The summed E-state index contributed by atoms with van der Waals surface area (Å²) >= 11 is 0. The monoisotopic (exact) mass is 247 g/mol. The molecule has 0 bridgehead atoms. The normalized spacial score (nSPS) is 10.0. The van der Waals surface area contributed by atoms with E-state index in [1.807, 2.05) is 0 Å². The lowest BCUT2D eigenvalue weighted by Crippen LogP contribution is -2.07. The van der Waals surface area contributed by atoms with E-state index in [1.165, 1.54) is 6.33 Å². The molecule has 1 aromatic carbocycles. The van der Waals surface area contributed by atoms with Crippen LogP contribution in [0.5, 0.6) is 0 Å². The van der Waals surface area contributed by atoms with Crippen LogP contribution in [0.1, 0.15) is 16.2 Å². The molecule has 1 aromatic heterocycles. The van der Waals surface area contributed by atoms with Crippen molar-refractivity contribution >= 4 is 11.7 Å². The molecule has 0 saturated heterocycles. The first-order valence-corrected chi connectivity index (χ1v) is 4.67. The third-order valence-electron chi connectivity index (χ3n) is 2.19. The summed E-state index contributed by atoms with van der Waals surface area (Å²) in [4.78, 5) is 14.3. The number of anilines is 1. The topological polar surface area (TPSA) is 118 Å². The highest BCUT2D eigenvalue weighted by atomic mass is 19.1. The van der Waals surface area contributed by atoms with Gasteiger partial charge in [0, 0.05) is 6.07 Å². The molecule has 0 radical (unpaired) electrons. The molecule has 90 valence electrons. The molecular formula is C10H6FN5O2. The van der Waals surface area contributed by atoms with Gasteiger partial charge in [-0.3, -0.25) is 0 Å². The number of nitrogens with two attached hydrogens (primary N) is 1. The lowest BCUT2D eigenvalue weighted by molar-refractivity contribution is 0.0692. The highest BCUT2D eigenvalue weighted by molar-refractivity contribution is 5.90. The van der Waals surface area contributed by atoms with Gasteiger partial charge < -0.3 is 10.8 Å². The fourth-order valence-electron chi connectivity index (χ4n) is 1.37. The van der Waals surface area contributed by atoms with Crippen molar-refractivity contribution in [1.29, 1.82) is 5.26 Å². The third-order valence-corrected chi connectivity index (χ3v) is 2.19. The zero-order chi connectivity index (χ0) is 13.3. The zero-order valence-electron chi connectivity index (χ0n) is 8.83. The van der Waals surface area contributed by atoms with E-state index >= 15 is 0 Å². The minimum Gasteiger partial charge on any atom is -0.478 e. The molecule has 7 nitrogen and oxygen atoms in total. The number of nitrogen functional groups attached to an aromatic ring is 1. The first kappa shape index (κ1) is 11.5. The third kappa shape index (κ3) is 1.84. The van der Waals surface area contributed by atoms with Crippen LogP contribution in [-0.4, -0.2) is 25.8 Å². The molecule has 0 saturated carbocycles. The number of carboxylic acids is 1. The van der Waals surface area contributed by atoms with Gasteiger partial charge >= 0.3 is 5.97 Å². The van der Waals surface area contributed by atoms with Crippen LogP contribution in [-0.2, 0) is 0 Å². The predicted molar refractivity (Wildman–Crippen MR) is 57.4 cm³/mol. The number of carboxylic acid groups (broad SMARTS) is 1. The number of carbonyl (C=O) groups is 1. The Bertz CT molecular complexity index is 673. The average molecular weight is 247 g/mol. The second-order valence-electron chi connectivity index (χ2n) is 3.32. The molecule has 0 aliphatic carbocycles. The maximum Gasteiger partial charge on any atom is 0.338 e. The minimum atomic E-state index is -1.41. The molecule has 3 N–H and O–H groups in total. The predicted octanol–water partition coefficient (Wildman–Crippen LogP) is 0.558. The minimum absolute atomic E-state index is 0.0168. The van der Waals surface area contributed by atoms with Crippen LogP contribution < -0.4 is 5.73 Å². The number of aromatic nitrogens is 3. The summed E-state index contributed by atoms with van der Waals surface area (Å²) in [5.74, 6) is -2.46. The summed E-state index contributed by atoms with van der Waals surface area (Å²) in [6, 6.07) is 3.62. The number of benzene rings is 1. The summed E-state index contributed by atoms with van der Waals surface area (Å²) in [6.45, 7) is 0. The standard InChI is InChI=1S/C10H6FN5O2/c11-6-2-8(7(13)1-5(6)10(17)18)16-4-14-9(3-12)15-16/h1-2,4H,13H2,(H,17,18). The molecule has 2 aromatic rings. The van der Waals surface area contributed by atoms with Gasteiger partial charge in [-0.05, 0) is 6.07 Å². The first-order valence-electron chi connectivity index (χ1n) is 4.67. The van der Waals surface area contributed by atoms with E-state index in [0.29, 0.717) is 0 Å². The summed E-state index contributed by atoms with van der Waals surface area (Å²) in [7, 11) is 0. The SMILES string of the molecule is N#Cc1ncn(-c2cc(F)c(C(=O)O)cc2N)n1. The summed E-state index contributed by atoms with van der Waals surface area (Å²) in [6.07, 6.45) is 1.18. The molecule has 0 aliphatic rings. The van der Waals surface area contributed by atoms with Crippen LogP contribution in [0.15, 0.2) is 18.5 Å². The number of hydrogen-bond donors (Lipinski definition) is 2. The van der Waals surface area contributed by atoms with Gasteiger partial charge in [-0.25, -0.2) is 18.9 Å². The molecule has 0 fully saturated rings. The molecule has 0 aliphatic heterocycles. The Morgan fingerprint density at radius 1 is 1.56 bits per heavy atom. The Morgan fingerprint density at radius 3 is 2.83 bits per heavy atom. The van der Waals surface area contributed by atoms with E-state index in [1.54, 1.807) is 6.07 Å². The van der Waals surface area contributed by atoms with Crippen molar-refractivity contribution in [1.82, 2.24) is 14.8 Å². The number of hydrogen-bond acceptors (Lipinski definition) is 5. The van der Waals surface area contributed by atoms with Crippen molar-refractivity contribution in [3.05, 3.63) is 35.7 Å². The molecule has 0 atom stereocenters. The summed E-state index contributed by atoms with van der Waals surface area (Å²) in [5.41, 5.74) is 5.21. The van der Waals surface area contributed by atoms with Crippen molar-refractivity contribution in [2.24, 2.45) is 0 Å². The highest BCUT2D eigenvalue weighted by Crippen LogP contribution is 2.21. The Hall–Kier alpha value is -2.95. The van der Waals surface area contributed by atoms with Crippen LogP contribution in [0, 0.1) is 17.1 Å². The van der Waals surface area contributed by atoms with Gasteiger partial charge in [0.15, 0.2) is 0 Å². The number of nitriles is 1. The number of rotatable bonds is 2.